The number of ketones is 1. The third kappa shape index (κ3) is 1.86. The fourth-order valence-corrected chi connectivity index (χ4v) is 2.05. The molecular formula is C11H7F2NOS. The Bertz CT molecular complexity index is 551. The average molecular weight is 239 g/mol. The van der Waals surface area contributed by atoms with Crippen molar-refractivity contribution >= 4 is 17.1 Å². The summed E-state index contributed by atoms with van der Waals surface area (Å²) in [5.41, 5.74) is 2.27. The molecule has 1 heterocycles. The van der Waals surface area contributed by atoms with E-state index in [4.69, 9.17) is 0 Å². The fraction of sp³-hybridized carbons (Fsp3) is 0.0909. The second kappa shape index (κ2) is 4.09. The van der Waals surface area contributed by atoms with Gasteiger partial charge >= 0.3 is 0 Å². The van der Waals surface area contributed by atoms with Crippen molar-refractivity contribution in [2.45, 2.75) is 6.92 Å². The molecule has 0 radical (unpaired) electrons. The summed E-state index contributed by atoms with van der Waals surface area (Å²) in [6.07, 6.45) is 0. The molecule has 0 aliphatic rings. The van der Waals surface area contributed by atoms with Gasteiger partial charge in [0.1, 0.15) is 0 Å². The maximum Gasteiger partial charge on any atom is 0.204 e. The molecule has 0 aliphatic carbocycles. The molecule has 0 amide bonds. The molecule has 1 aromatic heterocycles. The number of halogens is 2. The van der Waals surface area contributed by atoms with Crippen LogP contribution in [0.25, 0.3) is 0 Å². The van der Waals surface area contributed by atoms with Crippen LogP contribution in [0.3, 0.4) is 0 Å². The topological polar surface area (TPSA) is 30.0 Å². The predicted octanol–water partition coefficient (Wildman–Crippen LogP) is 2.96. The number of hydrogen-bond donors (Lipinski definition) is 0. The van der Waals surface area contributed by atoms with Gasteiger partial charge in [0.25, 0.3) is 0 Å². The Labute approximate surface area is 94.6 Å². The Hall–Kier alpha value is -1.62. The first-order chi connectivity index (χ1) is 7.59. The van der Waals surface area contributed by atoms with Gasteiger partial charge in [0, 0.05) is 5.56 Å². The molecule has 0 bridgehead atoms. The predicted molar refractivity (Wildman–Crippen MR) is 56.6 cm³/mol. The van der Waals surface area contributed by atoms with Crippen LogP contribution in [0.1, 0.15) is 20.9 Å². The van der Waals surface area contributed by atoms with Crippen LogP contribution in [0.2, 0.25) is 0 Å². The van der Waals surface area contributed by atoms with Crippen molar-refractivity contribution in [1.29, 1.82) is 0 Å². The van der Waals surface area contributed by atoms with Crippen molar-refractivity contribution in [1.82, 2.24) is 4.98 Å². The highest BCUT2D eigenvalue weighted by Gasteiger charge is 2.15. The van der Waals surface area contributed by atoms with E-state index < -0.39 is 11.6 Å². The van der Waals surface area contributed by atoms with Crippen molar-refractivity contribution in [3.8, 4) is 0 Å². The highest BCUT2D eigenvalue weighted by Crippen LogP contribution is 2.18. The summed E-state index contributed by atoms with van der Waals surface area (Å²) in [7, 11) is 0. The quantitative estimate of drug-likeness (QED) is 0.754. The van der Waals surface area contributed by atoms with Crippen molar-refractivity contribution in [3.05, 3.63) is 51.5 Å². The molecule has 0 spiro atoms. The van der Waals surface area contributed by atoms with Crippen molar-refractivity contribution in [2.75, 3.05) is 0 Å². The van der Waals surface area contributed by atoms with Crippen LogP contribution in [-0.2, 0) is 0 Å². The van der Waals surface area contributed by atoms with E-state index in [0.717, 1.165) is 12.1 Å². The van der Waals surface area contributed by atoms with Gasteiger partial charge in [0.15, 0.2) is 11.6 Å². The van der Waals surface area contributed by atoms with Gasteiger partial charge in [-0.05, 0) is 25.1 Å². The van der Waals surface area contributed by atoms with Crippen molar-refractivity contribution < 1.29 is 13.6 Å². The number of benzene rings is 1. The number of carbonyl (C=O) groups is 1. The molecule has 0 fully saturated rings. The van der Waals surface area contributed by atoms with E-state index in [2.05, 4.69) is 4.98 Å². The van der Waals surface area contributed by atoms with Crippen LogP contribution >= 0.6 is 11.3 Å². The number of thiazole rings is 1. The molecule has 2 nitrogen and oxygen atoms in total. The largest absolute Gasteiger partial charge is 0.288 e. The van der Waals surface area contributed by atoms with Gasteiger partial charge in [-0.15, -0.1) is 11.3 Å². The normalized spacial score (nSPS) is 10.4. The summed E-state index contributed by atoms with van der Waals surface area (Å²) in [6, 6.07) is 3.11. The monoisotopic (exact) mass is 239 g/mol. The number of aromatic nitrogens is 1. The minimum Gasteiger partial charge on any atom is -0.288 e. The molecule has 0 atom stereocenters. The molecule has 0 saturated heterocycles. The van der Waals surface area contributed by atoms with Crippen molar-refractivity contribution in [2.24, 2.45) is 0 Å². The minimum atomic E-state index is -1.02. The highest BCUT2D eigenvalue weighted by atomic mass is 32.1. The van der Waals surface area contributed by atoms with E-state index in [1.807, 2.05) is 0 Å². The van der Waals surface area contributed by atoms with E-state index in [0.29, 0.717) is 10.6 Å². The molecule has 0 saturated carbocycles. The SMILES string of the molecule is Cc1ncsc1C(=O)c1ccc(F)c(F)c1. The molecule has 0 N–H and O–H groups in total. The Balaban J connectivity index is 2.42. The first-order valence-corrected chi connectivity index (χ1v) is 5.37. The molecular weight excluding hydrogens is 232 g/mol. The minimum absolute atomic E-state index is 0.131. The molecule has 0 unspecified atom stereocenters. The maximum absolute atomic E-state index is 12.9. The van der Waals surface area contributed by atoms with E-state index >= 15 is 0 Å². The summed E-state index contributed by atoms with van der Waals surface area (Å²) in [5, 5.41) is 0. The van der Waals surface area contributed by atoms with Crippen LogP contribution < -0.4 is 0 Å². The molecule has 82 valence electrons. The van der Waals surface area contributed by atoms with Gasteiger partial charge < -0.3 is 0 Å². The summed E-state index contributed by atoms with van der Waals surface area (Å²) in [6.45, 7) is 1.70. The van der Waals surface area contributed by atoms with Crippen molar-refractivity contribution in [3.63, 3.8) is 0 Å². The molecule has 2 rings (SSSR count). The van der Waals surface area contributed by atoms with Gasteiger partial charge in [-0.2, -0.15) is 0 Å². The van der Waals surface area contributed by atoms with Gasteiger partial charge in [-0.3, -0.25) is 4.79 Å². The zero-order valence-electron chi connectivity index (χ0n) is 8.33. The summed E-state index contributed by atoms with van der Waals surface area (Å²) in [5.74, 6) is -2.32. The lowest BCUT2D eigenvalue weighted by atomic mass is 10.1. The molecule has 5 heteroatoms. The standard InChI is InChI=1S/C11H7F2NOS/c1-6-11(16-5-14-6)10(15)7-2-3-8(12)9(13)4-7/h2-5H,1H3. The van der Waals surface area contributed by atoms with Gasteiger partial charge in [-0.1, -0.05) is 0 Å². The molecule has 2 aromatic rings. The number of hydrogen-bond acceptors (Lipinski definition) is 3. The van der Waals surface area contributed by atoms with Crippen LogP contribution in [0, 0.1) is 18.6 Å². The summed E-state index contributed by atoms with van der Waals surface area (Å²) in [4.78, 5) is 16.3. The maximum atomic E-state index is 12.9. The van der Waals surface area contributed by atoms with E-state index in [1.54, 1.807) is 12.4 Å². The number of carbonyl (C=O) groups excluding carboxylic acids is 1. The molecule has 16 heavy (non-hydrogen) atoms. The zero-order valence-corrected chi connectivity index (χ0v) is 9.15. The zero-order chi connectivity index (χ0) is 11.7. The Morgan fingerprint density at radius 2 is 2.06 bits per heavy atom. The fourth-order valence-electron chi connectivity index (χ4n) is 1.29. The third-order valence-corrected chi connectivity index (χ3v) is 3.06. The molecule has 1 aromatic carbocycles. The highest BCUT2D eigenvalue weighted by molar-refractivity contribution is 7.12. The second-order valence-corrected chi connectivity index (χ2v) is 4.08. The number of nitrogens with zero attached hydrogens (tertiary/aromatic N) is 1. The van der Waals surface area contributed by atoms with E-state index in [9.17, 15) is 13.6 Å². The van der Waals surface area contributed by atoms with E-state index in [-0.39, 0.29) is 11.3 Å². The summed E-state index contributed by atoms with van der Waals surface area (Å²) < 4.78 is 25.6. The van der Waals surface area contributed by atoms with Crippen LogP contribution in [-0.4, -0.2) is 10.8 Å². The Kier molecular flexibility index (Phi) is 2.78. The lowest BCUT2D eigenvalue weighted by molar-refractivity contribution is 0.104. The number of aryl methyl sites for hydroxylation is 1. The lowest BCUT2D eigenvalue weighted by Crippen LogP contribution is -2.02. The van der Waals surface area contributed by atoms with Gasteiger partial charge in [0.2, 0.25) is 5.78 Å². The van der Waals surface area contributed by atoms with Gasteiger partial charge in [0.05, 0.1) is 16.1 Å². The van der Waals surface area contributed by atoms with Crippen LogP contribution in [0.4, 0.5) is 8.78 Å². The smallest absolute Gasteiger partial charge is 0.204 e. The van der Waals surface area contributed by atoms with Gasteiger partial charge in [-0.25, -0.2) is 13.8 Å². The number of rotatable bonds is 2. The first kappa shape index (κ1) is 10.9. The lowest BCUT2D eigenvalue weighted by Gasteiger charge is -1.99. The van der Waals surface area contributed by atoms with E-state index in [1.165, 1.54) is 17.4 Å². The summed E-state index contributed by atoms with van der Waals surface area (Å²) >= 11 is 1.19. The third-order valence-electron chi connectivity index (χ3n) is 2.13. The first-order valence-electron chi connectivity index (χ1n) is 4.49. The average Bonchev–Trinajstić information content (AvgIpc) is 2.67. The Morgan fingerprint density at radius 1 is 1.31 bits per heavy atom. The van der Waals surface area contributed by atoms with Crippen LogP contribution in [0.5, 0.6) is 0 Å². The second-order valence-electron chi connectivity index (χ2n) is 3.22. The molecule has 0 aliphatic heterocycles. The van der Waals surface area contributed by atoms with Crippen LogP contribution in [0.15, 0.2) is 23.7 Å². The Morgan fingerprint density at radius 3 is 2.62 bits per heavy atom.